The molecule has 18 heavy (non-hydrogen) atoms. The maximum absolute atomic E-state index is 11.1. The standard InChI is InChI=1S/C13H17ClO4/c1-3-17-7-11(16)8-18-13-5-4-10(9(2)15)6-12(13)14/h4-6,11,16H,3,7-8H2,1-2H3. The van der Waals surface area contributed by atoms with E-state index in [1.807, 2.05) is 6.92 Å². The second kappa shape index (κ2) is 7.36. The van der Waals surface area contributed by atoms with Gasteiger partial charge in [-0.3, -0.25) is 4.79 Å². The number of hydrogen-bond donors (Lipinski definition) is 1. The van der Waals surface area contributed by atoms with E-state index in [0.29, 0.717) is 22.9 Å². The zero-order chi connectivity index (χ0) is 13.5. The van der Waals surface area contributed by atoms with Crippen molar-refractivity contribution in [2.24, 2.45) is 0 Å². The van der Waals surface area contributed by atoms with Crippen LogP contribution in [0.15, 0.2) is 18.2 Å². The normalized spacial score (nSPS) is 12.2. The van der Waals surface area contributed by atoms with Gasteiger partial charge in [0.2, 0.25) is 0 Å². The number of benzene rings is 1. The van der Waals surface area contributed by atoms with Crippen molar-refractivity contribution in [3.05, 3.63) is 28.8 Å². The Morgan fingerprint density at radius 1 is 1.44 bits per heavy atom. The lowest BCUT2D eigenvalue weighted by Crippen LogP contribution is -2.23. The molecule has 0 amide bonds. The van der Waals surface area contributed by atoms with Crippen molar-refractivity contribution >= 4 is 17.4 Å². The molecule has 100 valence electrons. The van der Waals surface area contributed by atoms with Gasteiger partial charge in [-0.1, -0.05) is 11.6 Å². The minimum absolute atomic E-state index is 0.0557. The number of carbonyl (C=O) groups excluding carboxylic acids is 1. The second-order valence-corrected chi connectivity index (χ2v) is 4.23. The van der Waals surface area contributed by atoms with Gasteiger partial charge in [-0.05, 0) is 32.0 Å². The van der Waals surface area contributed by atoms with Crippen LogP contribution in [0, 0.1) is 0 Å². The highest BCUT2D eigenvalue weighted by atomic mass is 35.5. The van der Waals surface area contributed by atoms with Crippen LogP contribution >= 0.6 is 11.6 Å². The van der Waals surface area contributed by atoms with E-state index in [1.165, 1.54) is 6.92 Å². The molecule has 1 aromatic carbocycles. The highest BCUT2D eigenvalue weighted by molar-refractivity contribution is 6.32. The second-order valence-electron chi connectivity index (χ2n) is 3.83. The van der Waals surface area contributed by atoms with Gasteiger partial charge in [0, 0.05) is 12.2 Å². The summed E-state index contributed by atoms with van der Waals surface area (Å²) in [6.45, 7) is 4.19. The SMILES string of the molecule is CCOCC(O)COc1ccc(C(C)=O)cc1Cl. The molecule has 0 radical (unpaired) electrons. The number of ketones is 1. The van der Waals surface area contributed by atoms with Crippen LogP contribution < -0.4 is 4.74 Å². The monoisotopic (exact) mass is 272 g/mol. The lowest BCUT2D eigenvalue weighted by molar-refractivity contribution is 0.0164. The van der Waals surface area contributed by atoms with E-state index in [0.717, 1.165) is 0 Å². The number of hydrogen-bond acceptors (Lipinski definition) is 4. The molecular weight excluding hydrogens is 256 g/mol. The van der Waals surface area contributed by atoms with Crippen molar-refractivity contribution in [2.45, 2.75) is 20.0 Å². The van der Waals surface area contributed by atoms with E-state index < -0.39 is 6.10 Å². The highest BCUT2D eigenvalue weighted by Gasteiger charge is 2.09. The number of ether oxygens (including phenoxy) is 2. The van der Waals surface area contributed by atoms with Gasteiger partial charge in [-0.15, -0.1) is 0 Å². The fraction of sp³-hybridized carbons (Fsp3) is 0.462. The molecule has 0 aliphatic rings. The Kier molecular flexibility index (Phi) is 6.12. The topological polar surface area (TPSA) is 55.8 Å². The third kappa shape index (κ3) is 4.64. The molecule has 0 fully saturated rings. The van der Waals surface area contributed by atoms with Crippen LogP contribution in [0.3, 0.4) is 0 Å². The molecule has 0 saturated heterocycles. The molecule has 1 aromatic rings. The minimum Gasteiger partial charge on any atom is -0.489 e. The summed E-state index contributed by atoms with van der Waals surface area (Å²) in [4.78, 5) is 11.1. The Morgan fingerprint density at radius 3 is 2.72 bits per heavy atom. The van der Waals surface area contributed by atoms with Crippen LogP contribution in [0.2, 0.25) is 5.02 Å². The van der Waals surface area contributed by atoms with Gasteiger partial charge < -0.3 is 14.6 Å². The first-order valence-electron chi connectivity index (χ1n) is 5.73. The number of rotatable bonds is 7. The van der Waals surface area contributed by atoms with Gasteiger partial charge in [0.05, 0.1) is 11.6 Å². The molecule has 1 N–H and O–H groups in total. The quantitative estimate of drug-likeness (QED) is 0.774. The first-order chi connectivity index (χ1) is 8.54. The summed E-state index contributed by atoms with van der Waals surface area (Å²) in [5, 5.41) is 9.88. The Bertz CT molecular complexity index is 406. The Morgan fingerprint density at radius 2 is 2.17 bits per heavy atom. The molecule has 1 atom stereocenters. The molecule has 1 unspecified atom stereocenters. The molecule has 0 aromatic heterocycles. The zero-order valence-electron chi connectivity index (χ0n) is 10.5. The summed E-state index contributed by atoms with van der Waals surface area (Å²) in [6, 6.07) is 4.80. The third-order valence-corrected chi connectivity index (χ3v) is 2.58. The van der Waals surface area contributed by atoms with E-state index in [1.54, 1.807) is 18.2 Å². The number of carbonyl (C=O) groups is 1. The summed E-state index contributed by atoms with van der Waals surface area (Å²) >= 11 is 5.97. The van der Waals surface area contributed by atoms with Crippen molar-refractivity contribution in [3.63, 3.8) is 0 Å². The summed E-state index contributed by atoms with van der Waals surface area (Å²) < 4.78 is 10.4. The van der Waals surface area contributed by atoms with Crippen LogP contribution in [0.25, 0.3) is 0 Å². The third-order valence-electron chi connectivity index (χ3n) is 2.28. The molecule has 1 rings (SSSR count). The first-order valence-corrected chi connectivity index (χ1v) is 6.11. The van der Waals surface area contributed by atoms with E-state index in [9.17, 15) is 9.90 Å². The van der Waals surface area contributed by atoms with Crippen molar-refractivity contribution in [3.8, 4) is 5.75 Å². The average Bonchev–Trinajstić information content (AvgIpc) is 2.34. The van der Waals surface area contributed by atoms with Gasteiger partial charge in [-0.25, -0.2) is 0 Å². The zero-order valence-corrected chi connectivity index (χ0v) is 11.2. The van der Waals surface area contributed by atoms with E-state index in [2.05, 4.69) is 0 Å². The molecule has 0 aliphatic carbocycles. The molecular formula is C13H17ClO4. The van der Waals surface area contributed by atoms with Crippen LogP contribution in [-0.2, 0) is 4.74 Å². The van der Waals surface area contributed by atoms with Gasteiger partial charge >= 0.3 is 0 Å². The number of aliphatic hydroxyl groups excluding tert-OH is 1. The molecule has 4 nitrogen and oxygen atoms in total. The summed E-state index contributed by atoms with van der Waals surface area (Å²) in [5.74, 6) is 0.386. The molecule has 5 heteroatoms. The molecule has 0 heterocycles. The fourth-order valence-electron chi connectivity index (χ4n) is 1.32. The average molecular weight is 273 g/mol. The van der Waals surface area contributed by atoms with Crippen molar-refractivity contribution < 1.29 is 19.4 Å². The molecule has 0 saturated carbocycles. The molecule has 0 spiro atoms. The predicted molar refractivity (Wildman–Crippen MR) is 69.5 cm³/mol. The first kappa shape index (κ1) is 15.0. The lowest BCUT2D eigenvalue weighted by atomic mass is 10.1. The Labute approximate surface area is 111 Å². The smallest absolute Gasteiger partial charge is 0.159 e. The maximum Gasteiger partial charge on any atom is 0.159 e. The lowest BCUT2D eigenvalue weighted by Gasteiger charge is -2.13. The van der Waals surface area contributed by atoms with Crippen LogP contribution in [-0.4, -0.2) is 36.8 Å². The van der Waals surface area contributed by atoms with Crippen molar-refractivity contribution in [1.29, 1.82) is 0 Å². The largest absolute Gasteiger partial charge is 0.489 e. The fourth-order valence-corrected chi connectivity index (χ4v) is 1.56. The van der Waals surface area contributed by atoms with E-state index in [4.69, 9.17) is 21.1 Å². The van der Waals surface area contributed by atoms with Gasteiger partial charge in [0.1, 0.15) is 18.5 Å². The van der Waals surface area contributed by atoms with E-state index in [-0.39, 0.29) is 19.0 Å². The minimum atomic E-state index is -0.700. The van der Waals surface area contributed by atoms with Gasteiger partial charge in [0.25, 0.3) is 0 Å². The van der Waals surface area contributed by atoms with Crippen LogP contribution in [0.5, 0.6) is 5.75 Å². The summed E-state index contributed by atoms with van der Waals surface area (Å²) in [5.41, 5.74) is 0.530. The predicted octanol–water partition coefficient (Wildman–Crippen LogP) is 2.32. The van der Waals surface area contributed by atoms with E-state index >= 15 is 0 Å². The maximum atomic E-state index is 11.1. The number of halogens is 1. The summed E-state index contributed by atoms with van der Waals surface area (Å²) in [6.07, 6.45) is -0.700. The number of Topliss-reactive ketones (excluding diaryl/α,β-unsaturated/α-hetero) is 1. The van der Waals surface area contributed by atoms with Crippen LogP contribution in [0.4, 0.5) is 0 Å². The van der Waals surface area contributed by atoms with Gasteiger partial charge in [0.15, 0.2) is 5.78 Å². The Hall–Kier alpha value is -1.10. The van der Waals surface area contributed by atoms with Gasteiger partial charge in [-0.2, -0.15) is 0 Å². The number of aliphatic hydroxyl groups is 1. The Balaban J connectivity index is 2.55. The summed E-state index contributed by atoms with van der Waals surface area (Å²) in [7, 11) is 0. The molecule has 0 aliphatic heterocycles. The van der Waals surface area contributed by atoms with Crippen molar-refractivity contribution in [1.82, 2.24) is 0 Å². The molecule has 0 bridgehead atoms. The van der Waals surface area contributed by atoms with Crippen LogP contribution in [0.1, 0.15) is 24.2 Å². The van der Waals surface area contributed by atoms with Crippen molar-refractivity contribution in [2.75, 3.05) is 19.8 Å². The highest BCUT2D eigenvalue weighted by Crippen LogP contribution is 2.25.